The average molecular weight is 508 g/mol. The third kappa shape index (κ3) is 5.29. The van der Waals surface area contributed by atoms with Gasteiger partial charge in [-0.3, -0.25) is 14.5 Å². The number of ether oxygens (including phenoxy) is 1. The van der Waals surface area contributed by atoms with Gasteiger partial charge in [0.2, 0.25) is 4.96 Å². The van der Waals surface area contributed by atoms with Crippen molar-refractivity contribution < 1.29 is 13.9 Å². The highest BCUT2D eigenvalue weighted by atomic mass is 32.1. The summed E-state index contributed by atoms with van der Waals surface area (Å²) >= 11 is 1.29. The Morgan fingerprint density at radius 3 is 2.50 bits per heavy atom. The Morgan fingerprint density at radius 2 is 1.78 bits per heavy atom. The number of piperazine rings is 1. The molecule has 0 atom stereocenters. The molecule has 8 nitrogen and oxygen atoms in total. The summed E-state index contributed by atoms with van der Waals surface area (Å²) in [5.74, 6) is 0.334. The van der Waals surface area contributed by atoms with E-state index in [9.17, 15) is 14.0 Å². The molecule has 0 unspecified atom stereocenters. The summed E-state index contributed by atoms with van der Waals surface area (Å²) in [6.07, 6.45) is 0. The quantitative estimate of drug-likeness (QED) is 0.399. The summed E-state index contributed by atoms with van der Waals surface area (Å²) in [6, 6.07) is 13.3. The van der Waals surface area contributed by atoms with Crippen LogP contribution in [0.4, 0.5) is 4.39 Å². The van der Waals surface area contributed by atoms with Crippen LogP contribution in [0.2, 0.25) is 0 Å². The van der Waals surface area contributed by atoms with Gasteiger partial charge in [0.05, 0.1) is 5.69 Å². The number of halogens is 1. The van der Waals surface area contributed by atoms with Gasteiger partial charge in [-0.1, -0.05) is 17.4 Å². The van der Waals surface area contributed by atoms with Gasteiger partial charge in [0.25, 0.3) is 11.5 Å². The minimum absolute atomic E-state index is 0.0132. The van der Waals surface area contributed by atoms with E-state index in [1.165, 1.54) is 39.6 Å². The minimum atomic E-state index is -0.326. The van der Waals surface area contributed by atoms with Gasteiger partial charge in [-0.15, -0.1) is 0 Å². The van der Waals surface area contributed by atoms with Crippen molar-refractivity contribution in [3.63, 3.8) is 0 Å². The van der Waals surface area contributed by atoms with Crippen LogP contribution in [-0.4, -0.2) is 63.1 Å². The van der Waals surface area contributed by atoms with E-state index in [2.05, 4.69) is 15.0 Å². The van der Waals surface area contributed by atoms with Crippen LogP contribution < -0.4 is 10.3 Å². The van der Waals surface area contributed by atoms with E-state index in [1.807, 2.05) is 32.0 Å². The van der Waals surface area contributed by atoms with Gasteiger partial charge in [-0.2, -0.15) is 9.61 Å². The second-order valence-corrected chi connectivity index (χ2v) is 9.84. The van der Waals surface area contributed by atoms with Crippen LogP contribution in [0.25, 0.3) is 15.5 Å². The van der Waals surface area contributed by atoms with E-state index in [0.29, 0.717) is 54.1 Å². The molecule has 186 valence electrons. The summed E-state index contributed by atoms with van der Waals surface area (Å²) in [5, 5.41) is 4.95. The Hall–Kier alpha value is -3.63. The van der Waals surface area contributed by atoms with Gasteiger partial charge in [0.1, 0.15) is 16.6 Å². The molecule has 4 aromatic rings. The fraction of sp³-hybridized carbons (Fsp3) is 0.308. The first kappa shape index (κ1) is 24.1. The van der Waals surface area contributed by atoms with Crippen LogP contribution in [0.3, 0.4) is 0 Å². The number of fused-ring (bicyclic) bond motifs is 1. The van der Waals surface area contributed by atoms with E-state index in [1.54, 1.807) is 17.0 Å². The molecule has 2 aromatic carbocycles. The number of carbonyl (C=O) groups excluding carboxylic acids is 1. The van der Waals surface area contributed by atoms with Gasteiger partial charge in [-0.25, -0.2) is 9.37 Å². The second kappa shape index (κ2) is 10.2. The van der Waals surface area contributed by atoms with Crippen molar-refractivity contribution in [2.24, 2.45) is 0 Å². The van der Waals surface area contributed by atoms with Crippen molar-refractivity contribution in [3.8, 4) is 16.3 Å². The maximum atomic E-state index is 13.2. The van der Waals surface area contributed by atoms with E-state index in [0.717, 1.165) is 11.1 Å². The van der Waals surface area contributed by atoms with E-state index < -0.39 is 0 Å². The maximum Gasteiger partial charge on any atom is 0.275 e. The molecule has 1 saturated heterocycles. The molecular formula is C26H26FN5O3S. The predicted octanol–water partition coefficient (Wildman–Crippen LogP) is 3.30. The molecule has 1 aliphatic heterocycles. The molecule has 0 aliphatic carbocycles. The molecule has 36 heavy (non-hydrogen) atoms. The molecule has 1 fully saturated rings. The number of aryl methyl sites for hydroxylation is 2. The Bertz CT molecular complexity index is 1460. The van der Waals surface area contributed by atoms with Crippen LogP contribution in [0.15, 0.2) is 53.3 Å². The van der Waals surface area contributed by atoms with Crippen LogP contribution in [0, 0.1) is 19.7 Å². The topological polar surface area (TPSA) is 80.0 Å². The zero-order valence-corrected chi connectivity index (χ0v) is 20.9. The first-order chi connectivity index (χ1) is 17.4. The first-order valence-electron chi connectivity index (χ1n) is 11.7. The number of hydrogen-bond acceptors (Lipinski definition) is 7. The van der Waals surface area contributed by atoms with Crippen molar-refractivity contribution in [3.05, 3.63) is 81.5 Å². The number of aromatic nitrogens is 3. The molecule has 2 aromatic heterocycles. The van der Waals surface area contributed by atoms with Crippen molar-refractivity contribution in [2.75, 3.05) is 32.8 Å². The zero-order valence-electron chi connectivity index (χ0n) is 20.1. The lowest BCUT2D eigenvalue weighted by atomic mass is 10.1. The molecule has 0 spiro atoms. The lowest BCUT2D eigenvalue weighted by molar-refractivity contribution is -0.135. The predicted molar refractivity (Wildman–Crippen MR) is 136 cm³/mol. The summed E-state index contributed by atoms with van der Waals surface area (Å²) in [5.41, 5.74) is 3.45. The summed E-state index contributed by atoms with van der Waals surface area (Å²) in [7, 11) is 0. The van der Waals surface area contributed by atoms with Crippen LogP contribution >= 0.6 is 11.3 Å². The van der Waals surface area contributed by atoms with Crippen molar-refractivity contribution in [1.82, 2.24) is 24.4 Å². The normalized spacial score (nSPS) is 14.4. The smallest absolute Gasteiger partial charge is 0.275 e. The minimum Gasteiger partial charge on any atom is -0.484 e. The molecule has 0 N–H and O–H groups in total. The fourth-order valence-corrected chi connectivity index (χ4v) is 5.00. The molecular weight excluding hydrogens is 481 g/mol. The first-order valence-corrected chi connectivity index (χ1v) is 12.5. The van der Waals surface area contributed by atoms with Gasteiger partial charge in [0.15, 0.2) is 6.61 Å². The lowest BCUT2D eigenvalue weighted by Gasteiger charge is -2.34. The summed E-state index contributed by atoms with van der Waals surface area (Å²) in [4.78, 5) is 34.4. The van der Waals surface area contributed by atoms with Crippen molar-refractivity contribution in [2.45, 2.75) is 20.4 Å². The summed E-state index contributed by atoms with van der Waals surface area (Å²) < 4.78 is 20.2. The number of amides is 1. The average Bonchev–Trinajstić information content (AvgIpc) is 3.30. The molecule has 1 aliphatic rings. The molecule has 0 saturated carbocycles. The third-order valence-corrected chi connectivity index (χ3v) is 7.30. The highest BCUT2D eigenvalue weighted by Gasteiger charge is 2.22. The molecule has 10 heteroatoms. The van der Waals surface area contributed by atoms with Crippen LogP contribution in [-0.2, 0) is 11.3 Å². The fourth-order valence-electron chi connectivity index (χ4n) is 4.07. The number of rotatable bonds is 6. The lowest BCUT2D eigenvalue weighted by Crippen LogP contribution is -2.49. The monoisotopic (exact) mass is 507 g/mol. The third-order valence-electron chi connectivity index (χ3n) is 6.34. The largest absolute Gasteiger partial charge is 0.484 e. The SMILES string of the molecule is Cc1ccc(OCC(=O)N2CCN(Cc3cc(=O)n4nc(-c5ccc(F)cc5)sc4n3)CC2)cc1C. The number of nitrogens with zero attached hydrogens (tertiary/aromatic N) is 5. The summed E-state index contributed by atoms with van der Waals surface area (Å²) in [6.45, 7) is 7.12. The molecule has 0 bridgehead atoms. The number of benzene rings is 2. The van der Waals surface area contributed by atoms with Gasteiger partial charge < -0.3 is 9.64 Å². The van der Waals surface area contributed by atoms with Gasteiger partial charge in [0, 0.05) is 44.4 Å². The van der Waals surface area contributed by atoms with Crippen molar-refractivity contribution >= 4 is 22.2 Å². The van der Waals surface area contributed by atoms with Crippen LogP contribution in [0.1, 0.15) is 16.8 Å². The van der Waals surface area contributed by atoms with Crippen molar-refractivity contribution in [1.29, 1.82) is 0 Å². The highest BCUT2D eigenvalue weighted by Crippen LogP contribution is 2.24. The second-order valence-electron chi connectivity index (χ2n) is 8.89. The number of carbonyl (C=O) groups is 1. The van der Waals surface area contributed by atoms with E-state index in [-0.39, 0.29) is 23.9 Å². The Labute approximate surface area is 211 Å². The standard InChI is InChI=1S/C26H26FN5O3S/c1-17-3-8-22(13-18(17)2)35-16-24(34)31-11-9-30(10-12-31)15-21-14-23(33)32-26(28-21)36-25(29-32)19-4-6-20(27)7-5-19/h3-8,13-14H,9-12,15-16H2,1-2H3. The van der Waals surface area contributed by atoms with Gasteiger partial charge in [-0.05, 0) is 61.4 Å². The van der Waals surface area contributed by atoms with E-state index in [4.69, 9.17) is 4.74 Å². The molecule has 3 heterocycles. The zero-order chi connectivity index (χ0) is 25.2. The molecule has 0 radical (unpaired) electrons. The maximum absolute atomic E-state index is 13.2. The Kier molecular flexibility index (Phi) is 6.80. The highest BCUT2D eigenvalue weighted by molar-refractivity contribution is 7.19. The Balaban J connectivity index is 1.18. The molecule has 1 amide bonds. The molecule has 5 rings (SSSR count). The van der Waals surface area contributed by atoms with E-state index >= 15 is 0 Å². The van der Waals surface area contributed by atoms with Crippen LogP contribution in [0.5, 0.6) is 5.75 Å². The Morgan fingerprint density at radius 1 is 1.03 bits per heavy atom. The van der Waals surface area contributed by atoms with Gasteiger partial charge >= 0.3 is 0 Å². The number of hydrogen-bond donors (Lipinski definition) is 0.